The van der Waals surface area contributed by atoms with Crippen molar-refractivity contribution in [3.8, 4) is 28.5 Å². The Bertz CT molecular complexity index is 1830. The van der Waals surface area contributed by atoms with Gasteiger partial charge in [0, 0.05) is 57.5 Å². The van der Waals surface area contributed by atoms with Crippen LogP contribution in [0.2, 0.25) is 5.02 Å². The summed E-state index contributed by atoms with van der Waals surface area (Å²) in [5.41, 5.74) is 2.42. The normalized spacial score (nSPS) is 11.1. The molecule has 0 saturated heterocycles. The van der Waals surface area contributed by atoms with E-state index in [4.69, 9.17) is 21.1 Å². The number of benzene rings is 3. The van der Waals surface area contributed by atoms with Crippen molar-refractivity contribution in [2.75, 3.05) is 12.4 Å². The van der Waals surface area contributed by atoms with Crippen LogP contribution in [0.3, 0.4) is 0 Å². The van der Waals surface area contributed by atoms with Gasteiger partial charge in [-0.05, 0) is 12.1 Å². The third kappa shape index (κ3) is 4.75. The number of fused-ring (bicyclic) bond motifs is 2. The van der Waals surface area contributed by atoms with Crippen LogP contribution in [0.5, 0.6) is 17.2 Å². The molecule has 3 aromatic carbocycles. The van der Waals surface area contributed by atoms with E-state index < -0.39 is 17.4 Å². The first-order valence-electron chi connectivity index (χ1n) is 11.7. The number of hydrogen-bond donors (Lipinski definition) is 1. The van der Waals surface area contributed by atoms with Gasteiger partial charge in [-0.25, -0.2) is 13.8 Å². The number of rotatable bonds is 6. The van der Waals surface area contributed by atoms with Crippen molar-refractivity contribution in [2.24, 2.45) is 0 Å². The minimum Gasteiger partial charge on any atom is -0.495 e. The first-order valence-corrected chi connectivity index (χ1v) is 12.1. The van der Waals surface area contributed by atoms with Crippen LogP contribution in [0.4, 0.5) is 20.3 Å². The summed E-state index contributed by atoms with van der Waals surface area (Å²) in [5, 5.41) is 13.8. The van der Waals surface area contributed by atoms with Gasteiger partial charge < -0.3 is 14.8 Å². The molecule has 0 amide bonds. The lowest BCUT2D eigenvalue weighted by atomic mass is 10.0. The van der Waals surface area contributed by atoms with Crippen LogP contribution in [-0.2, 0) is 0 Å². The van der Waals surface area contributed by atoms with E-state index in [9.17, 15) is 0 Å². The number of hydrogen-bond acceptors (Lipinski definition) is 7. The lowest BCUT2D eigenvalue weighted by molar-refractivity contribution is 0.408. The molecule has 0 aliphatic rings. The highest BCUT2D eigenvalue weighted by Crippen LogP contribution is 2.36. The first kappa shape index (κ1) is 24.4. The Labute approximate surface area is 226 Å². The van der Waals surface area contributed by atoms with Crippen LogP contribution in [0.25, 0.3) is 33.1 Å². The van der Waals surface area contributed by atoms with Crippen molar-refractivity contribution < 1.29 is 18.3 Å². The smallest absolute Gasteiger partial charge is 0.198 e. The van der Waals surface area contributed by atoms with Crippen molar-refractivity contribution in [3.63, 3.8) is 0 Å². The van der Waals surface area contributed by atoms with E-state index in [-0.39, 0.29) is 11.4 Å². The Morgan fingerprint density at radius 1 is 0.846 bits per heavy atom. The van der Waals surface area contributed by atoms with Crippen LogP contribution in [-0.4, -0.2) is 27.3 Å². The van der Waals surface area contributed by atoms with Crippen LogP contribution in [0, 0.1) is 11.6 Å². The Kier molecular flexibility index (Phi) is 6.34. The van der Waals surface area contributed by atoms with E-state index in [0.717, 1.165) is 28.5 Å². The molecule has 6 rings (SSSR count). The molecular formula is C29H18ClF2N5O2. The Balaban J connectivity index is 1.33. The van der Waals surface area contributed by atoms with Gasteiger partial charge in [0.1, 0.15) is 17.0 Å². The molecule has 0 fully saturated rings. The lowest BCUT2D eigenvalue weighted by Crippen LogP contribution is -2.01. The topological polar surface area (TPSA) is 82.0 Å². The van der Waals surface area contributed by atoms with Gasteiger partial charge in [-0.2, -0.15) is 0 Å². The highest BCUT2D eigenvalue weighted by atomic mass is 35.5. The molecule has 0 aliphatic carbocycles. The maximum absolute atomic E-state index is 15.1. The van der Waals surface area contributed by atoms with Gasteiger partial charge in [-0.1, -0.05) is 48.0 Å². The maximum atomic E-state index is 15.1. The van der Waals surface area contributed by atoms with E-state index >= 15 is 8.78 Å². The first-order chi connectivity index (χ1) is 19.0. The fraction of sp³-hybridized carbons (Fsp3) is 0.0345. The van der Waals surface area contributed by atoms with Crippen molar-refractivity contribution in [1.82, 2.24) is 20.2 Å². The summed E-state index contributed by atoms with van der Waals surface area (Å²) in [6, 6.07) is 20.1. The molecule has 3 heterocycles. The van der Waals surface area contributed by atoms with Crippen LogP contribution in [0.15, 0.2) is 85.2 Å². The second kappa shape index (κ2) is 10.1. The van der Waals surface area contributed by atoms with E-state index in [0.29, 0.717) is 33.3 Å². The summed E-state index contributed by atoms with van der Waals surface area (Å²) in [7, 11) is 1.51. The average molecular weight is 542 g/mol. The quantitative estimate of drug-likeness (QED) is 0.231. The molecule has 1 N–H and O–H groups in total. The maximum Gasteiger partial charge on any atom is 0.198 e. The summed E-state index contributed by atoms with van der Waals surface area (Å²) < 4.78 is 41.1. The summed E-state index contributed by atoms with van der Waals surface area (Å²) in [6.07, 6.45) is 2.93. The predicted octanol–water partition coefficient (Wildman–Crippen LogP) is 7.72. The fourth-order valence-corrected chi connectivity index (χ4v) is 4.30. The van der Waals surface area contributed by atoms with Gasteiger partial charge in [0.15, 0.2) is 29.0 Å². The molecule has 0 bridgehead atoms. The van der Waals surface area contributed by atoms with Gasteiger partial charge in [-0.15, -0.1) is 10.2 Å². The van der Waals surface area contributed by atoms with Gasteiger partial charge in [0.2, 0.25) is 0 Å². The van der Waals surface area contributed by atoms with Crippen molar-refractivity contribution in [1.29, 1.82) is 0 Å². The zero-order valence-corrected chi connectivity index (χ0v) is 21.1. The largest absolute Gasteiger partial charge is 0.495 e. The van der Waals surface area contributed by atoms with E-state index in [1.807, 2.05) is 36.4 Å². The number of anilines is 2. The summed E-state index contributed by atoms with van der Waals surface area (Å²) in [6.45, 7) is 0. The molecule has 0 aliphatic heterocycles. The number of pyridine rings is 2. The van der Waals surface area contributed by atoms with Crippen molar-refractivity contribution in [3.05, 3.63) is 102 Å². The highest BCUT2D eigenvalue weighted by Gasteiger charge is 2.18. The van der Waals surface area contributed by atoms with E-state index in [2.05, 4.69) is 25.5 Å². The van der Waals surface area contributed by atoms with Gasteiger partial charge >= 0.3 is 0 Å². The molecule has 10 heteroatoms. The SMILES string of the molecule is COc1cnc2c(Oc3c(F)cc(Nc4nnc(-c5ccc(Cl)cc5)c5ccccc45)cc3F)ccnc2c1. The molecule has 0 unspecified atom stereocenters. The van der Waals surface area contributed by atoms with Gasteiger partial charge in [0.05, 0.1) is 18.8 Å². The fourth-order valence-electron chi connectivity index (χ4n) is 4.17. The minimum atomic E-state index is -0.911. The standard InChI is InChI=1S/C29H18ClF2N5O2/c1-38-19-14-24-27(34-15-19)25(10-11-33-24)39-28-22(31)12-18(13-23(28)32)35-29-21-5-3-2-4-20(21)26(36-37-29)16-6-8-17(30)9-7-16/h2-15H,1H3,(H,35,37). The van der Waals surface area contributed by atoms with Crippen LogP contribution in [0.1, 0.15) is 0 Å². The highest BCUT2D eigenvalue weighted by molar-refractivity contribution is 6.30. The molecule has 192 valence electrons. The van der Waals surface area contributed by atoms with Crippen molar-refractivity contribution >= 4 is 44.9 Å². The second-order valence-electron chi connectivity index (χ2n) is 8.50. The van der Waals surface area contributed by atoms with Gasteiger partial charge in [0.25, 0.3) is 0 Å². The molecular weight excluding hydrogens is 524 g/mol. The van der Waals surface area contributed by atoms with E-state index in [1.165, 1.54) is 25.6 Å². The Morgan fingerprint density at radius 2 is 1.59 bits per heavy atom. The number of ether oxygens (including phenoxy) is 2. The number of nitrogens with one attached hydrogen (secondary N) is 1. The van der Waals surface area contributed by atoms with Crippen LogP contribution >= 0.6 is 11.6 Å². The Morgan fingerprint density at radius 3 is 2.33 bits per heavy atom. The zero-order chi connectivity index (χ0) is 26.9. The summed E-state index contributed by atoms with van der Waals surface area (Å²) in [5.74, 6) is -1.40. The number of halogens is 3. The molecule has 3 aromatic heterocycles. The predicted molar refractivity (Wildman–Crippen MR) is 146 cm³/mol. The zero-order valence-electron chi connectivity index (χ0n) is 20.3. The van der Waals surface area contributed by atoms with Crippen LogP contribution < -0.4 is 14.8 Å². The monoisotopic (exact) mass is 541 g/mol. The van der Waals surface area contributed by atoms with Gasteiger partial charge in [-0.3, -0.25) is 4.98 Å². The third-order valence-corrected chi connectivity index (χ3v) is 6.28. The van der Waals surface area contributed by atoms with Crippen molar-refractivity contribution in [2.45, 2.75) is 0 Å². The molecule has 0 radical (unpaired) electrons. The number of methoxy groups -OCH3 is 1. The molecule has 39 heavy (non-hydrogen) atoms. The van der Waals surface area contributed by atoms with E-state index in [1.54, 1.807) is 18.2 Å². The molecule has 0 spiro atoms. The molecule has 0 saturated carbocycles. The Hall–Kier alpha value is -4.89. The summed E-state index contributed by atoms with van der Waals surface area (Å²) in [4.78, 5) is 8.46. The number of nitrogens with zero attached hydrogens (tertiary/aromatic N) is 4. The lowest BCUT2D eigenvalue weighted by Gasteiger charge is -2.14. The third-order valence-electron chi connectivity index (χ3n) is 6.03. The second-order valence-corrected chi connectivity index (χ2v) is 8.93. The average Bonchev–Trinajstić information content (AvgIpc) is 2.95. The summed E-state index contributed by atoms with van der Waals surface area (Å²) >= 11 is 6.02. The molecule has 6 aromatic rings. The number of aromatic nitrogens is 4. The molecule has 7 nitrogen and oxygen atoms in total. The molecule has 0 atom stereocenters. The minimum absolute atomic E-state index is 0.137.